The number of carbonyl (C=O) groups excluding carboxylic acids is 1. The van der Waals surface area contributed by atoms with Crippen molar-refractivity contribution in [2.45, 2.75) is 6.17 Å². The molecule has 98 valence electrons. The molecule has 1 aliphatic rings. The molecule has 0 bridgehead atoms. The number of aromatic amines is 1. The molecule has 1 amide bonds. The number of H-pyrrole nitrogens is 1. The van der Waals surface area contributed by atoms with E-state index in [2.05, 4.69) is 30.7 Å². The number of hydroxylamine groups is 2. The van der Waals surface area contributed by atoms with Crippen molar-refractivity contribution in [3.63, 3.8) is 0 Å². The van der Waals surface area contributed by atoms with Crippen molar-refractivity contribution in [1.82, 2.24) is 25.0 Å². The first-order valence-electron chi connectivity index (χ1n) is 5.25. The van der Waals surface area contributed by atoms with Gasteiger partial charge in [-0.1, -0.05) is 0 Å². The average molecular weight is 261 g/mol. The number of nitrogens with two attached hydrogens (primary N) is 1. The van der Waals surface area contributed by atoms with Gasteiger partial charge < -0.3 is 10.7 Å². The maximum atomic E-state index is 9.57. The summed E-state index contributed by atoms with van der Waals surface area (Å²) >= 11 is 0. The van der Waals surface area contributed by atoms with Crippen molar-refractivity contribution >= 4 is 23.8 Å². The number of carbonyl (C=O) groups is 1. The Morgan fingerprint density at radius 1 is 1.47 bits per heavy atom. The van der Waals surface area contributed by atoms with Crippen LogP contribution in [0.25, 0.3) is 11.2 Å². The van der Waals surface area contributed by atoms with E-state index < -0.39 is 6.17 Å². The number of hydrogen-bond donors (Lipinski definition) is 3. The molecule has 3 heterocycles. The number of amides is 1. The summed E-state index contributed by atoms with van der Waals surface area (Å²) in [5.41, 5.74) is 5.48. The minimum absolute atomic E-state index is 0.250. The van der Waals surface area contributed by atoms with Crippen molar-refractivity contribution in [2.75, 3.05) is 0 Å². The summed E-state index contributed by atoms with van der Waals surface area (Å²) < 4.78 is 0. The molecule has 0 radical (unpaired) electrons. The fourth-order valence-electron chi connectivity index (χ4n) is 1.47. The molecule has 1 unspecified atom stereocenters. The summed E-state index contributed by atoms with van der Waals surface area (Å²) in [6, 6.07) is 0. The molecule has 9 heteroatoms. The molecule has 2 aromatic heterocycles. The maximum Gasteiger partial charge on any atom is 0.204 e. The molecular formula is C10H11N7O2. The van der Waals surface area contributed by atoms with Crippen molar-refractivity contribution in [3.8, 4) is 0 Å². The Kier molecular flexibility index (Phi) is 3.78. The fourth-order valence-corrected chi connectivity index (χ4v) is 1.47. The number of fused-ring (bicyclic) bond motifs is 1. The van der Waals surface area contributed by atoms with Gasteiger partial charge in [0, 0.05) is 12.4 Å². The zero-order valence-corrected chi connectivity index (χ0v) is 9.71. The van der Waals surface area contributed by atoms with Gasteiger partial charge in [-0.3, -0.25) is 15.0 Å². The Bertz CT molecular complexity index is 621. The van der Waals surface area contributed by atoms with Crippen LogP contribution in [-0.2, 0) is 4.79 Å². The minimum Gasteiger partial charge on any atom is -0.372 e. The van der Waals surface area contributed by atoms with E-state index in [0.717, 1.165) is 10.6 Å². The normalized spacial score (nSPS) is 17.1. The number of rotatable bonds is 1. The van der Waals surface area contributed by atoms with E-state index in [9.17, 15) is 5.21 Å². The van der Waals surface area contributed by atoms with E-state index in [0.29, 0.717) is 11.5 Å². The Morgan fingerprint density at radius 3 is 3.00 bits per heavy atom. The zero-order chi connectivity index (χ0) is 13.7. The highest BCUT2D eigenvalue weighted by Gasteiger charge is 2.19. The molecule has 1 atom stereocenters. The molecule has 0 saturated heterocycles. The lowest BCUT2D eigenvalue weighted by molar-refractivity contribution is -0.106. The van der Waals surface area contributed by atoms with E-state index in [-0.39, 0.29) is 6.41 Å². The zero-order valence-electron chi connectivity index (χ0n) is 9.71. The topological polar surface area (TPSA) is 133 Å². The van der Waals surface area contributed by atoms with Crippen LogP contribution in [0.5, 0.6) is 0 Å². The summed E-state index contributed by atoms with van der Waals surface area (Å²) in [6.45, 7) is 0. The van der Waals surface area contributed by atoms with Crippen molar-refractivity contribution in [1.29, 1.82) is 0 Å². The first kappa shape index (κ1) is 12.6. The lowest BCUT2D eigenvalue weighted by Gasteiger charge is -2.21. The van der Waals surface area contributed by atoms with E-state index >= 15 is 0 Å². The van der Waals surface area contributed by atoms with Crippen LogP contribution in [0.15, 0.2) is 29.8 Å². The van der Waals surface area contributed by atoms with Crippen LogP contribution in [0.4, 0.5) is 0 Å². The van der Waals surface area contributed by atoms with Crippen LogP contribution >= 0.6 is 0 Å². The first-order valence-corrected chi connectivity index (χ1v) is 5.25. The van der Waals surface area contributed by atoms with Crippen LogP contribution in [0, 0.1) is 0 Å². The summed E-state index contributed by atoms with van der Waals surface area (Å²) in [5.74, 6) is 0.405. The number of allylic oxidation sites excluding steroid dienone is 1. The van der Waals surface area contributed by atoms with Gasteiger partial charge in [0.2, 0.25) is 12.6 Å². The first-order chi connectivity index (χ1) is 9.26. The van der Waals surface area contributed by atoms with Gasteiger partial charge in [0.15, 0.2) is 11.5 Å². The minimum atomic E-state index is -0.605. The average Bonchev–Trinajstić information content (AvgIpc) is 2.87. The maximum absolute atomic E-state index is 9.57. The highest BCUT2D eigenvalue weighted by atomic mass is 16.5. The van der Waals surface area contributed by atoms with Gasteiger partial charge in [-0.2, -0.15) is 0 Å². The van der Waals surface area contributed by atoms with Crippen molar-refractivity contribution in [3.05, 3.63) is 30.6 Å². The second-order valence-electron chi connectivity index (χ2n) is 3.40. The SMILES string of the molecule is NC=O.ON1C=CC=NC1c1ncc2[nH]cnc2n1. The molecule has 1 aliphatic heterocycles. The number of aliphatic imine (C=N–C) groups is 1. The fraction of sp³-hybridized carbons (Fsp3) is 0.100. The summed E-state index contributed by atoms with van der Waals surface area (Å²) in [4.78, 5) is 27.9. The van der Waals surface area contributed by atoms with Gasteiger partial charge in [-0.15, -0.1) is 0 Å². The second kappa shape index (κ2) is 5.69. The predicted octanol–water partition coefficient (Wildman–Crippen LogP) is -0.258. The lowest BCUT2D eigenvalue weighted by atomic mass is 10.4. The van der Waals surface area contributed by atoms with Gasteiger partial charge in [-0.05, 0) is 6.08 Å². The third-order valence-electron chi connectivity index (χ3n) is 2.23. The monoisotopic (exact) mass is 261 g/mol. The summed E-state index contributed by atoms with van der Waals surface area (Å²) in [5, 5.41) is 10.5. The molecule has 0 spiro atoms. The Morgan fingerprint density at radius 2 is 2.26 bits per heavy atom. The Balaban J connectivity index is 0.000000408. The number of hydrogen-bond acceptors (Lipinski definition) is 7. The smallest absolute Gasteiger partial charge is 0.204 e. The number of nitrogens with one attached hydrogen (secondary N) is 1. The summed E-state index contributed by atoms with van der Waals surface area (Å²) in [7, 11) is 0. The van der Waals surface area contributed by atoms with Gasteiger partial charge in [0.05, 0.1) is 12.5 Å². The number of nitrogens with zero attached hydrogens (tertiary/aromatic N) is 5. The van der Waals surface area contributed by atoms with Crippen LogP contribution < -0.4 is 5.73 Å². The van der Waals surface area contributed by atoms with E-state index in [1.807, 2.05) is 0 Å². The van der Waals surface area contributed by atoms with E-state index in [1.54, 1.807) is 24.8 Å². The predicted molar refractivity (Wildman–Crippen MR) is 65.9 cm³/mol. The molecule has 2 aromatic rings. The van der Waals surface area contributed by atoms with Crippen LogP contribution in [0.3, 0.4) is 0 Å². The van der Waals surface area contributed by atoms with Gasteiger partial charge in [0.1, 0.15) is 5.52 Å². The quantitative estimate of drug-likeness (QED) is 0.606. The third kappa shape index (κ3) is 2.72. The van der Waals surface area contributed by atoms with Crippen molar-refractivity contribution in [2.24, 2.45) is 10.7 Å². The van der Waals surface area contributed by atoms with Crippen LogP contribution in [-0.4, -0.2) is 42.8 Å². The molecular weight excluding hydrogens is 250 g/mol. The Hall–Kier alpha value is -2.81. The molecule has 19 heavy (non-hydrogen) atoms. The van der Waals surface area contributed by atoms with Crippen LogP contribution in [0.2, 0.25) is 0 Å². The lowest BCUT2D eigenvalue weighted by Crippen LogP contribution is -2.22. The molecule has 9 nitrogen and oxygen atoms in total. The van der Waals surface area contributed by atoms with E-state index in [4.69, 9.17) is 4.79 Å². The number of aromatic nitrogens is 4. The highest BCUT2D eigenvalue weighted by molar-refractivity contribution is 5.72. The largest absolute Gasteiger partial charge is 0.372 e. The van der Waals surface area contributed by atoms with Gasteiger partial charge in [-0.25, -0.2) is 20.0 Å². The molecule has 0 aliphatic carbocycles. The van der Waals surface area contributed by atoms with Gasteiger partial charge in [0.25, 0.3) is 0 Å². The molecule has 3 rings (SSSR count). The highest BCUT2D eigenvalue weighted by Crippen LogP contribution is 2.20. The van der Waals surface area contributed by atoms with E-state index in [1.165, 1.54) is 6.20 Å². The van der Waals surface area contributed by atoms with Gasteiger partial charge >= 0.3 is 0 Å². The summed E-state index contributed by atoms with van der Waals surface area (Å²) in [6.07, 6.45) is 7.52. The molecule has 4 N–H and O–H groups in total. The van der Waals surface area contributed by atoms with Crippen molar-refractivity contribution < 1.29 is 10.0 Å². The molecule has 0 fully saturated rings. The third-order valence-corrected chi connectivity index (χ3v) is 2.23. The van der Waals surface area contributed by atoms with Crippen LogP contribution in [0.1, 0.15) is 12.0 Å². The number of primary amides is 1. The molecule has 0 saturated carbocycles. The molecule has 0 aromatic carbocycles. The standard InChI is InChI=1S/C9H8N6O.CH3NO/c16-15-3-1-2-10-9(15)8-11-4-6-7(14-8)13-5-12-6;2-1-3/h1-5,9,16H,(H,11,12,13,14);1H,(H2,2,3). The number of imidazole rings is 1. The Labute approximate surface area is 107 Å². The second-order valence-corrected chi connectivity index (χ2v) is 3.40.